The number of aromatic nitrogens is 1. The molecule has 29 heavy (non-hydrogen) atoms. The fraction of sp³-hybridized carbons (Fsp3) is 0.348. The first-order chi connectivity index (χ1) is 14.0. The maximum absolute atomic E-state index is 12.4. The highest BCUT2D eigenvalue weighted by Crippen LogP contribution is 2.29. The minimum absolute atomic E-state index is 0.223. The Kier molecular flexibility index (Phi) is 6.65. The molecule has 6 nitrogen and oxygen atoms in total. The molecule has 6 heteroatoms. The van der Waals surface area contributed by atoms with E-state index in [1.165, 1.54) is 0 Å². The quantitative estimate of drug-likeness (QED) is 0.586. The number of benzene rings is 1. The van der Waals surface area contributed by atoms with Crippen LogP contribution in [0.1, 0.15) is 43.4 Å². The van der Waals surface area contributed by atoms with Gasteiger partial charge in [0.15, 0.2) is 6.10 Å². The molecule has 1 aromatic carbocycles. The first kappa shape index (κ1) is 20.6. The molecular weight excluding hydrogens is 368 g/mol. The highest BCUT2D eigenvalue weighted by Gasteiger charge is 2.18. The number of rotatable bonds is 8. The standard InChI is InChI=1S/C23H26N2O4/c1-4-5-6-18-13-21(26)29-22-15(2)20(8-7-19(18)22)28-16(3)23(27)25-14-17-9-11-24-12-10-17/h7-13,16H,4-6,14H2,1-3H3,(H,25,27). The molecule has 1 N–H and O–H groups in total. The Morgan fingerprint density at radius 1 is 1.24 bits per heavy atom. The van der Waals surface area contributed by atoms with Gasteiger partial charge in [0, 0.05) is 36.0 Å². The summed E-state index contributed by atoms with van der Waals surface area (Å²) in [5, 5.41) is 3.77. The van der Waals surface area contributed by atoms with Gasteiger partial charge in [0.05, 0.1) is 0 Å². The number of aryl methyl sites for hydroxylation is 2. The number of nitrogens with zero attached hydrogens (tertiary/aromatic N) is 1. The molecule has 0 aliphatic carbocycles. The minimum atomic E-state index is -0.692. The lowest BCUT2D eigenvalue weighted by atomic mass is 10.0. The van der Waals surface area contributed by atoms with Crippen LogP contribution in [0.15, 0.2) is 51.9 Å². The molecule has 1 atom stereocenters. The maximum atomic E-state index is 12.4. The summed E-state index contributed by atoms with van der Waals surface area (Å²) in [5.41, 5.74) is 2.81. The first-order valence-corrected chi connectivity index (χ1v) is 9.89. The molecule has 1 amide bonds. The van der Waals surface area contributed by atoms with E-state index in [-0.39, 0.29) is 11.5 Å². The molecule has 0 spiro atoms. The lowest BCUT2D eigenvalue weighted by Gasteiger charge is -2.17. The highest BCUT2D eigenvalue weighted by atomic mass is 16.5. The Hall–Kier alpha value is -3.15. The number of unbranched alkanes of at least 4 members (excludes halogenated alkanes) is 1. The lowest BCUT2D eigenvalue weighted by molar-refractivity contribution is -0.127. The number of fused-ring (bicyclic) bond motifs is 1. The molecule has 1 unspecified atom stereocenters. The number of pyridine rings is 1. The average molecular weight is 394 g/mol. The second kappa shape index (κ2) is 9.37. The third-order valence-electron chi connectivity index (χ3n) is 4.89. The van der Waals surface area contributed by atoms with Gasteiger partial charge in [0.1, 0.15) is 11.3 Å². The zero-order valence-electron chi connectivity index (χ0n) is 17.0. The van der Waals surface area contributed by atoms with Crippen LogP contribution in [0.2, 0.25) is 0 Å². The smallest absolute Gasteiger partial charge is 0.336 e. The second-order valence-electron chi connectivity index (χ2n) is 7.09. The third kappa shape index (κ3) is 5.02. The van der Waals surface area contributed by atoms with Crippen molar-refractivity contribution in [3.63, 3.8) is 0 Å². The summed E-state index contributed by atoms with van der Waals surface area (Å²) in [4.78, 5) is 28.4. The van der Waals surface area contributed by atoms with Crippen molar-refractivity contribution >= 4 is 16.9 Å². The van der Waals surface area contributed by atoms with E-state index in [0.29, 0.717) is 23.4 Å². The number of hydrogen-bond acceptors (Lipinski definition) is 5. The van der Waals surface area contributed by atoms with Crippen LogP contribution in [-0.4, -0.2) is 17.0 Å². The number of carbonyl (C=O) groups excluding carboxylic acids is 1. The zero-order valence-corrected chi connectivity index (χ0v) is 17.0. The summed E-state index contributed by atoms with van der Waals surface area (Å²) in [5.74, 6) is 0.305. The normalized spacial score (nSPS) is 12.0. The summed E-state index contributed by atoms with van der Waals surface area (Å²) in [6.07, 6.45) is 5.55. The van der Waals surface area contributed by atoms with Gasteiger partial charge >= 0.3 is 5.63 Å². The molecule has 3 rings (SSSR count). The molecule has 152 valence electrons. The Balaban J connectivity index is 1.76. The third-order valence-corrected chi connectivity index (χ3v) is 4.89. The van der Waals surface area contributed by atoms with E-state index in [4.69, 9.17) is 9.15 Å². The van der Waals surface area contributed by atoms with E-state index < -0.39 is 6.10 Å². The fourth-order valence-corrected chi connectivity index (χ4v) is 3.19. The molecule has 0 fully saturated rings. The van der Waals surface area contributed by atoms with Crippen molar-refractivity contribution in [3.05, 3.63) is 69.8 Å². The Labute approximate surface area is 169 Å². The molecule has 3 aromatic rings. The van der Waals surface area contributed by atoms with E-state index in [2.05, 4.69) is 17.2 Å². The monoisotopic (exact) mass is 394 g/mol. The summed E-state index contributed by atoms with van der Waals surface area (Å²) >= 11 is 0. The number of carbonyl (C=O) groups is 1. The van der Waals surface area contributed by atoms with Crippen LogP contribution < -0.4 is 15.7 Å². The van der Waals surface area contributed by atoms with Crippen molar-refractivity contribution in [2.24, 2.45) is 0 Å². The minimum Gasteiger partial charge on any atom is -0.480 e. The molecule has 2 heterocycles. The Morgan fingerprint density at radius 3 is 2.72 bits per heavy atom. The van der Waals surface area contributed by atoms with Gasteiger partial charge < -0.3 is 14.5 Å². The van der Waals surface area contributed by atoms with Gasteiger partial charge in [-0.2, -0.15) is 0 Å². The number of ether oxygens (including phenoxy) is 1. The van der Waals surface area contributed by atoms with Gasteiger partial charge in [-0.3, -0.25) is 9.78 Å². The van der Waals surface area contributed by atoms with Gasteiger partial charge in [-0.1, -0.05) is 13.3 Å². The first-order valence-electron chi connectivity index (χ1n) is 9.89. The van der Waals surface area contributed by atoms with Crippen molar-refractivity contribution in [1.82, 2.24) is 10.3 Å². The van der Waals surface area contributed by atoms with E-state index in [0.717, 1.165) is 35.8 Å². The number of amides is 1. The van der Waals surface area contributed by atoms with Gasteiger partial charge in [0.2, 0.25) is 0 Å². The lowest BCUT2D eigenvalue weighted by Crippen LogP contribution is -2.36. The molecule has 2 aromatic heterocycles. The largest absolute Gasteiger partial charge is 0.480 e. The number of nitrogens with one attached hydrogen (secondary N) is 1. The van der Waals surface area contributed by atoms with E-state index in [1.807, 2.05) is 31.2 Å². The zero-order chi connectivity index (χ0) is 20.8. The van der Waals surface area contributed by atoms with Crippen LogP contribution in [0.4, 0.5) is 0 Å². The highest BCUT2D eigenvalue weighted by molar-refractivity contribution is 5.85. The van der Waals surface area contributed by atoms with Crippen LogP contribution in [0.5, 0.6) is 5.75 Å². The van der Waals surface area contributed by atoms with Crippen molar-refractivity contribution in [3.8, 4) is 5.75 Å². The average Bonchev–Trinajstić information content (AvgIpc) is 2.73. The molecular formula is C23H26N2O4. The van der Waals surface area contributed by atoms with Crippen molar-refractivity contribution in [2.75, 3.05) is 0 Å². The molecule has 0 saturated carbocycles. The van der Waals surface area contributed by atoms with Crippen molar-refractivity contribution < 1.29 is 13.9 Å². The van der Waals surface area contributed by atoms with Gasteiger partial charge in [-0.15, -0.1) is 0 Å². The maximum Gasteiger partial charge on any atom is 0.336 e. The topological polar surface area (TPSA) is 81.4 Å². The van der Waals surface area contributed by atoms with Gasteiger partial charge in [-0.25, -0.2) is 4.79 Å². The SMILES string of the molecule is CCCCc1cc(=O)oc2c(C)c(OC(C)C(=O)NCc3ccncc3)ccc12. The Bertz CT molecular complexity index is 1040. The molecule has 0 bridgehead atoms. The number of hydrogen-bond donors (Lipinski definition) is 1. The fourth-order valence-electron chi connectivity index (χ4n) is 3.19. The predicted molar refractivity (Wildman–Crippen MR) is 112 cm³/mol. The van der Waals surface area contributed by atoms with Crippen molar-refractivity contribution in [2.45, 2.75) is 52.7 Å². The van der Waals surface area contributed by atoms with E-state index >= 15 is 0 Å². The van der Waals surface area contributed by atoms with Crippen LogP contribution in [0.25, 0.3) is 11.0 Å². The summed E-state index contributed by atoms with van der Waals surface area (Å²) < 4.78 is 11.3. The second-order valence-corrected chi connectivity index (χ2v) is 7.09. The predicted octanol–water partition coefficient (Wildman–Crippen LogP) is 3.92. The molecule has 0 saturated heterocycles. The van der Waals surface area contributed by atoms with Gasteiger partial charge in [0.25, 0.3) is 5.91 Å². The molecule has 0 aliphatic rings. The summed E-state index contributed by atoms with van der Waals surface area (Å²) in [6, 6.07) is 8.98. The molecule has 0 aliphatic heterocycles. The van der Waals surface area contributed by atoms with Crippen LogP contribution >= 0.6 is 0 Å². The molecule has 0 radical (unpaired) electrons. The van der Waals surface area contributed by atoms with Crippen LogP contribution in [0.3, 0.4) is 0 Å². The van der Waals surface area contributed by atoms with Crippen LogP contribution in [-0.2, 0) is 17.8 Å². The summed E-state index contributed by atoms with van der Waals surface area (Å²) in [6.45, 7) is 6.05. The van der Waals surface area contributed by atoms with Crippen LogP contribution in [0, 0.1) is 6.92 Å². The van der Waals surface area contributed by atoms with Gasteiger partial charge in [-0.05, 0) is 62.1 Å². The van der Waals surface area contributed by atoms with E-state index in [1.54, 1.807) is 25.4 Å². The summed E-state index contributed by atoms with van der Waals surface area (Å²) in [7, 11) is 0. The van der Waals surface area contributed by atoms with E-state index in [9.17, 15) is 9.59 Å². The Morgan fingerprint density at radius 2 is 2.00 bits per heavy atom. The van der Waals surface area contributed by atoms with Crippen molar-refractivity contribution in [1.29, 1.82) is 0 Å².